The molecule has 0 aliphatic heterocycles. The minimum Gasteiger partial charge on any atom is -0.468 e. The normalized spacial score (nSPS) is 13.0. The summed E-state index contributed by atoms with van der Waals surface area (Å²) in [6, 6.07) is 21.9. The molecule has 26 heavy (non-hydrogen) atoms. The van der Waals surface area contributed by atoms with E-state index >= 15 is 0 Å². The third-order valence-electron chi connectivity index (χ3n) is 4.22. The van der Waals surface area contributed by atoms with Gasteiger partial charge >= 0.3 is 0 Å². The van der Waals surface area contributed by atoms with Crippen LogP contribution in [0.25, 0.3) is 0 Å². The molecule has 0 bridgehead atoms. The third-order valence-corrected chi connectivity index (χ3v) is 5.66. The standard InChI is InChI=1S/C20H22N2O3S/c1-22(16-18-11-8-14-25-18)20(17-9-4-2-5-10-17)15-21-26(23,24)19-12-6-3-7-13-19/h2-14,20-21H,15-16H2,1H3/t20-/m1/s1. The van der Waals surface area contributed by atoms with Gasteiger partial charge in [-0.2, -0.15) is 0 Å². The van der Waals surface area contributed by atoms with Crippen LogP contribution in [0.2, 0.25) is 0 Å². The van der Waals surface area contributed by atoms with Crippen molar-refractivity contribution in [3.05, 3.63) is 90.4 Å². The average molecular weight is 370 g/mol. The molecule has 136 valence electrons. The zero-order valence-corrected chi connectivity index (χ0v) is 15.4. The van der Waals surface area contributed by atoms with Crippen molar-refractivity contribution in [2.24, 2.45) is 0 Å². The van der Waals surface area contributed by atoms with Crippen LogP contribution in [0.5, 0.6) is 0 Å². The summed E-state index contributed by atoms with van der Waals surface area (Å²) in [5, 5.41) is 0. The second kappa shape index (κ2) is 8.31. The predicted octanol–water partition coefficient (Wildman–Crippen LogP) is 3.43. The van der Waals surface area contributed by atoms with Gasteiger partial charge in [0.05, 0.1) is 17.7 Å². The van der Waals surface area contributed by atoms with E-state index in [1.807, 2.05) is 49.5 Å². The highest BCUT2D eigenvalue weighted by Gasteiger charge is 2.21. The van der Waals surface area contributed by atoms with Gasteiger partial charge in [-0.1, -0.05) is 48.5 Å². The Morgan fingerprint density at radius 3 is 2.23 bits per heavy atom. The average Bonchev–Trinajstić information content (AvgIpc) is 3.16. The molecule has 0 amide bonds. The Morgan fingerprint density at radius 2 is 1.62 bits per heavy atom. The molecule has 6 heteroatoms. The predicted molar refractivity (Wildman–Crippen MR) is 101 cm³/mol. The van der Waals surface area contributed by atoms with Crippen molar-refractivity contribution in [3.8, 4) is 0 Å². The van der Waals surface area contributed by atoms with Gasteiger partial charge in [0.2, 0.25) is 10.0 Å². The lowest BCUT2D eigenvalue weighted by atomic mass is 10.1. The maximum absolute atomic E-state index is 12.6. The first kappa shape index (κ1) is 18.4. The lowest BCUT2D eigenvalue weighted by Crippen LogP contribution is -2.36. The molecule has 1 atom stereocenters. The van der Waals surface area contributed by atoms with E-state index in [2.05, 4.69) is 9.62 Å². The first-order valence-corrected chi connectivity index (χ1v) is 9.87. The number of hydrogen-bond acceptors (Lipinski definition) is 4. The van der Waals surface area contributed by atoms with Gasteiger partial charge in [-0.05, 0) is 36.9 Å². The van der Waals surface area contributed by atoms with Crippen LogP contribution in [0, 0.1) is 0 Å². The van der Waals surface area contributed by atoms with E-state index in [9.17, 15) is 8.42 Å². The molecule has 0 fully saturated rings. The van der Waals surface area contributed by atoms with Crippen molar-refractivity contribution >= 4 is 10.0 Å². The minimum absolute atomic E-state index is 0.125. The number of hydrogen-bond donors (Lipinski definition) is 1. The van der Waals surface area contributed by atoms with Gasteiger partial charge in [0.25, 0.3) is 0 Å². The van der Waals surface area contributed by atoms with Crippen molar-refractivity contribution in [1.82, 2.24) is 9.62 Å². The number of furan rings is 1. The molecule has 0 saturated heterocycles. The fourth-order valence-corrected chi connectivity index (χ4v) is 3.89. The maximum atomic E-state index is 12.6. The van der Waals surface area contributed by atoms with Crippen LogP contribution in [-0.2, 0) is 16.6 Å². The smallest absolute Gasteiger partial charge is 0.240 e. The third kappa shape index (κ3) is 4.60. The van der Waals surface area contributed by atoms with Crippen LogP contribution >= 0.6 is 0 Å². The van der Waals surface area contributed by atoms with Gasteiger partial charge in [0, 0.05) is 12.6 Å². The van der Waals surface area contributed by atoms with E-state index < -0.39 is 10.0 Å². The molecule has 0 unspecified atom stereocenters. The Labute approximate surface area is 154 Å². The van der Waals surface area contributed by atoms with E-state index in [1.54, 1.807) is 36.6 Å². The molecule has 1 N–H and O–H groups in total. The zero-order chi connectivity index (χ0) is 18.4. The Balaban J connectivity index is 1.78. The van der Waals surface area contributed by atoms with Crippen molar-refractivity contribution in [2.75, 3.05) is 13.6 Å². The maximum Gasteiger partial charge on any atom is 0.240 e. The number of nitrogens with zero attached hydrogens (tertiary/aromatic N) is 1. The Morgan fingerprint density at radius 1 is 0.962 bits per heavy atom. The van der Waals surface area contributed by atoms with E-state index in [-0.39, 0.29) is 17.5 Å². The van der Waals surface area contributed by atoms with Crippen molar-refractivity contribution < 1.29 is 12.8 Å². The summed E-state index contributed by atoms with van der Waals surface area (Å²) in [5.41, 5.74) is 1.04. The molecule has 1 aromatic heterocycles. The summed E-state index contributed by atoms with van der Waals surface area (Å²) < 4.78 is 33.3. The molecule has 3 aromatic rings. The Bertz CT molecular complexity index is 895. The summed E-state index contributed by atoms with van der Waals surface area (Å²) in [5.74, 6) is 0.833. The van der Waals surface area contributed by atoms with Crippen LogP contribution in [0.3, 0.4) is 0 Å². The molecule has 3 rings (SSSR count). The van der Waals surface area contributed by atoms with E-state index in [0.717, 1.165) is 11.3 Å². The van der Waals surface area contributed by atoms with Crippen LogP contribution in [0.4, 0.5) is 0 Å². The minimum atomic E-state index is -3.56. The lowest BCUT2D eigenvalue weighted by Gasteiger charge is -2.28. The van der Waals surface area contributed by atoms with E-state index in [0.29, 0.717) is 6.54 Å². The molecule has 0 spiro atoms. The molecule has 5 nitrogen and oxygen atoms in total. The summed E-state index contributed by atoms with van der Waals surface area (Å²) in [7, 11) is -1.60. The highest BCUT2D eigenvalue weighted by molar-refractivity contribution is 7.89. The molecule has 1 heterocycles. The van der Waals surface area contributed by atoms with Crippen LogP contribution < -0.4 is 4.72 Å². The van der Waals surface area contributed by atoms with E-state index in [1.165, 1.54) is 0 Å². The van der Waals surface area contributed by atoms with Crippen molar-refractivity contribution in [3.63, 3.8) is 0 Å². The molecular weight excluding hydrogens is 348 g/mol. The van der Waals surface area contributed by atoms with Gasteiger partial charge < -0.3 is 4.42 Å². The van der Waals surface area contributed by atoms with Gasteiger partial charge in [-0.25, -0.2) is 13.1 Å². The lowest BCUT2D eigenvalue weighted by molar-refractivity contribution is 0.219. The monoisotopic (exact) mass is 370 g/mol. The second-order valence-corrected chi connectivity index (χ2v) is 7.85. The molecule has 0 aliphatic carbocycles. The molecule has 0 saturated carbocycles. The van der Waals surface area contributed by atoms with Gasteiger partial charge in [0.15, 0.2) is 0 Å². The number of likely N-dealkylation sites (N-methyl/N-ethyl adjacent to an activating group) is 1. The topological polar surface area (TPSA) is 62.6 Å². The van der Waals surface area contributed by atoms with E-state index in [4.69, 9.17) is 4.42 Å². The number of nitrogens with one attached hydrogen (secondary N) is 1. The highest BCUT2D eigenvalue weighted by Crippen LogP contribution is 2.21. The number of rotatable bonds is 8. The van der Waals surface area contributed by atoms with Gasteiger partial charge in [-0.3, -0.25) is 4.90 Å². The summed E-state index contributed by atoms with van der Waals surface area (Å²) in [6.07, 6.45) is 1.64. The fourth-order valence-electron chi connectivity index (χ4n) is 2.83. The second-order valence-electron chi connectivity index (χ2n) is 6.09. The number of sulfonamides is 1. The highest BCUT2D eigenvalue weighted by atomic mass is 32.2. The largest absolute Gasteiger partial charge is 0.468 e. The summed E-state index contributed by atoms with van der Waals surface area (Å²) in [4.78, 5) is 2.34. The first-order chi connectivity index (χ1) is 12.6. The zero-order valence-electron chi connectivity index (χ0n) is 14.6. The van der Waals surface area contributed by atoms with Crippen LogP contribution in [0.1, 0.15) is 17.4 Å². The summed E-state index contributed by atoms with van der Waals surface area (Å²) >= 11 is 0. The Hall–Kier alpha value is -2.41. The van der Waals surface area contributed by atoms with Crippen LogP contribution in [-0.4, -0.2) is 26.9 Å². The first-order valence-electron chi connectivity index (χ1n) is 8.38. The SMILES string of the molecule is CN(Cc1ccco1)[C@H](CNS(=O)(=O)c1ccccc1)c1ccccc1. The molecule has 0 aliphatic rings. The number of benzene rings is 2. The molecular formula is C20H22N2O3S. The fraction of sp³-hybridized carbons (Fsp3) is 0.200. The van der Waals surface area contributed by atoms with Crippen molar-refractivity contribution in [1.29, 1.82) is 0 Å². The summed E-state index contributed by atoms with van der Waals surface area (Å²) in [6.45, 7) is 0.845. The van der Waals surface area contributed by atoms with Crippen LogP contribution in [0.15, 0.2) is 88.4 Å². The van der Waals surface area contributed by atoms with Gasteiger partial charge in [-0.15, -0.1) is 0 Å². The molecule has 0 radical (unpaired) electrons. The Kier molecular flexibility index (Phi) is 5.88. The van der Waals surface area contributed by atoms with Crippen molar-refractivity contribution in [2.45, 2.75) is 17.5 Å². The molecule has 2 aromatic carbocycles. The quantitative estimate of drug-likeness (QED) is 0.660. The van der Waals surface area contributed by atoms with Gasteiger partial charge in [0.1, 0.15) is 5.76 Å².